The Bertz CT molecular complexity index is 361. The molecule has 0 unspecified atom stereocenters. The topological polar surface area (TPSA) is 34.9 Å². The van der Waals surface area contributed by atoms with Gasteiger partial charge in [-0.05, 0) is 24.3 Å². The zero-order valence-electron chi connectivity index (χ0n) is 9.49. The van der Waals surface area contributed by atoms with Crippen molar-refractivity contribution < 1.29 is 4.79 Å². The Labute approximate surface area is 90.5 Å². The fourth-order valence-electron chi connectivity index (χ4n) is 2.53. The fourth-order valence-corrected chi connectivity index (χ4v) is 2.53. The Morgan fingerprint density at radius 1 is 1.53 bits per heavy atom. The van der Waals surface area contributed by atoms with E-state index in [1.807, 2.05) is 7.05 Å². The normalized spacial score (nSPS) is 19.3. The molecule has 0 amide bonds. The third-order valence-corrected chi connectivity index (χ3v) is 3.50. The SMILES string of the molecule is Cn1nccc1C(=O)CC1(C)CCCC1. The Balaban J connectivity index is 2.07. The van der Waals surface area contributed by atoms with Crippen molar-refractivity contribution in [3.8, 4) is 0 Å². The van der Waals surface area contributed by atoms with E-state index < -0.39 is 0 Å². The van der Waals surface area contributed by atoms with Gasteiger partial charge >= 0.3 is 0 Å². The van der Waals surface area contributed by atoms with E-state index in [0.29, 0.717) is 6.42 Å². The Kier molecular flexibility index (Phi) is 2.63. The van der Waals surface area contributed by atoms with Crippen molar-refractivity contribution in [1.29, 1.82) is 0 Å². The molecule has 1 fully saturated rings. The fraction of sp³-hybridized carbons (Fsp3) is 0.667. The molecule has 1 aromatic rings. The Hall–Kier alpha value is -1.12. The highest BCUT2D eigenvalue weighted by Gasteiger charge is 2.31. The lowest BCUT2D eigenvalue weighted by atomic mass is 9.83. The molecule has 3 nitrogen and oxygen atoms in total. The number of aryl methyl sites for hydroxylation is 1. The largest absolute Gasteiger partial charge is 0.292 e. The van der Waals surface area contributed by atoms with Crippen LogP contribution in [-0.2, 0) is 7.05 Å². The molecule has 1 aliphatic carbocycles. The van der Waals surface area contributed by atoms with Crippen molar-refractivity contribution in [2.75, 3.05) is 0 Å². The lowest BCUT2D eigenvalue weighted by Crippen LogP contribution is -2.18. The van der Waals surface area contributed by atoms with Crippen LogP contribution in [0, 0.1) is 5.41 Å². The van der Waals surface area contributed by atoms with Crippen LogP contribution in [0.2, 0.25) is 0 Å². The van der Waals surface area contributed by atoms with Crippen LogP contribution < -0.4 is 0 Å². The zero-order chi connectivity index (χ0) is 10.9. The van der Waals surface area contributed by atoms with E-state index in [0.717, 1.165) is 5.69 Å². The number of Topliss-reactive ketones (excluding diaryl/α,β-unsaturated/α-hetero) is 1. The predicted molar refractivity (Wildman–Crippen MR) is 58.7 cm³/mol. The molecule has 3 heteroatoms. The van der Waals surface area contributed by atoms with Crippen LogP contribution in [-0.4, -0.2) is 15.6 Å². The summed E-state index contributed by atoms with van der Waals surface area (Å²) in [6.45, 7) is 2.23. The lowest BCUT2D eigenvalue weighted by Gasteiger charge is -2.21. The summed E-state index contributed by atoms with van der Waals surface area (Å²) in [5.74, 6) is 0.236. The van der Waals surface area contributed by atoms with Crippen LogP contribution in [0.15, 0.2) is 12.3 Å². The molecule has 0 N–H and O–H groups in total. The molecule has 1 heterocycles. The maximum Gasteiger partial charge on any atom is 0.181 e. The van der Waals surface area contributed by atoms with Gasteiger partial charge in [0.05, 0.1) is 0 Å². The minimum absolute atomic E-state index is 0.236. The summed E-state index contributed by atoms with van der Waals surface area (Å²) < 4.78 is 1.67. The molecular weight excluding hydrogens is 188 g/mol. The second kappa shape index (κ2) is 3.80. The summed E-state index contributed by atoms with van der Waals surface area (Å²) in [6, 6.07) is 1.81. The highest BCUT2D eigenvalue weighted by molar-refractivity contribution is 5.94. The van der Waals surface area contributed by atoms with Gasteiger partial charge in [-0.1, -0.05) is 19.8 Å². The minimum Gasteiger partial charge on any atom is -0.292 e. The number of rotatable bonds is 3. The standard InChI is InChI=1S/C12H18N2O/c1-12(6-3-4-7-12)9-11(15)10-5-8-13-14(10)2/h5,8H,3-4,6-7,9H2,1-2H3. The summed E-state index contributed by atoms with van der Waals surface area (Å²) in [7, 11) is 1.82. The minimum atomic E-state index is 0.236. The lowest BCUT2D eigenvalue weighted by molar-refractivity contribution is 0.0914. The second-order valence-electron chi connectivity index (χ2n) is 4.96. The van der Waals surface area contributed by atoms with Crippen molar-refractivity contribution >= 4 is 5.78 Å². The quantitative estimate of drug-likeness (QED) is 0.712. The average molecular weight is 206 g/mol. The first-order chi connectivity index (χ1) is 7.11. The number of ketones is 1. The molecule has 82 valence electrons. The smallest absolute Gasteiger partial charge is 0.181 e. The van der Waals surface area contributed by atoms with Gasteiger partial charge in [-0.15, -0.1) is 0 Å². The average Bonchev–Trinajstić information content (AvgIpc) is 2.74. The Morgan fingerprint density at radius 3 is 2.73 bits per heavy atom. The third kappa shape index (κ3) is 2.11. The van der Waals surface area contributed by atoms with Gasteiger partial charge in [-0.3, -0.25) is 9.48 Å². The van der Waals surface area contributed by atoms with E-state index in [1.165, 1.54) is 25.7 Å². The van der Waals surface area contributed by atoms with Crippen molar-refractivity contribution in [2.24, 2.45) is 12.5 Å². The van der Waals surface area contributed by atoms with Crippen LogP contribution >= 0.6 is 0 Å². The van der Waals surface area contributed by atoms with Crippen molar-refractivity contribution in [2.45, 2.75) is 39.0 Å². The number of carbonyl (C=O) groups is 1. The van der Waals surface area contributed by atoms with E-state index >= 15 is 0 Å². The van der Waals surface area contributed by atoms with E-state index in [4.69, 9.17) is 0 Å². The van der Waals surface area contributed by atoms with Crippen LogP contribution in [0.4, 0.5) is 0 Å². The first kappa shape index (κ1) is 10.4. The van der Waals surface area contributed by atoms with Gasteiger partial charge in [0.25, 0.3) is 0 Å². The van der Waals surface area contributed by atoms with Gasteiger partial charge in [-0.2, -0.15) is 5.10 Å². The Morgan fingerprint density at radius 2 is 2.20 bits per heavy atom. The molecule has 1 aliphatic rings. The molecule has 15 heavy (non-hydrogen) atoms. The van der Waals surface area contributed by atoms with Crippen LogP contribution in [0.3, 0.4) is 0 Å². The summed E-state index contributed by atoms with van der Waals surface area (Å²) in [5, 5.41) is 4.03. The number of nitrogens with zero attached hydrogens (tertiary/aromatic N) is 2. The zero-order valence-corrected chi connectivity index (χ0v) is 9.49. The highest BCUT2D eigenvalue weighted by atomic mass is 16.1. The van der Waals surface area contributed by atoms with Gasteiger partial charge in [0.2, 0.25) is 0 Å². The van der Waals surface area contributed by atoms with Crippen molar-refractivity contribution in [1.82, 2.24) is 9.78 Å². The summed E-state index contributed by atoms with van der Waals surface area (Å²) >= 11 is 0. The molecular formula is C12H18N2O. The van der Waals surface area contributed by atoms with Gasteiger partial charge in [0, 0.05) is 19.7 Å². The number of hydrogen-bond donors (Lipinski definition) is 0. The molecule has 0 radical (unpaired) electrons. The van der Waals surface area contributed by atoms with Gasteiger partial charge in [0.1, 0.15) is 5.69 Å². The molecule has 1 aromatic heterocycles. The van der Waals surface area contributed by atoms with Gasteiger partial charge < -0.3 is 0 Å². The molecule has 0 bridgehead atoms. The van der Waals surface area contributed by atoms with Crippen LogP contribution in [0.5, 0.6) is 0 Å². The van der Waals surface area contributed by atoms with Gasteiger partial charge in [0.15, 0.2) is 5.78 Å². The van der Waals surface area contributed by atoms with Crippen LogP contribution in [0.1, 0.15) is 49.5 Å². The molecule has 0 aliphatic heterocycles. The molecule has 0 atom stereocenters. The van der Waals surface area contributed by atoms with E-state index in [2.05, 4.69) is 12.0 Å². The molecule has 0 spiro atoms. The van der Waals surface area contributed by atoms with E-state index in [9.17, 15) is 4.79 Å². The summed E-state index contributed by atoms with van der Waals surface area (Å²) in [6.07, 6.45) is 7.29. The van der Waals surface area contributed by atoms with Gasteiger partial charge in [-0.25, -0.2) is 0 Å². The predicted octanol–water partition coefficient (Wildman–Crippen LogP) is 2.57. The van der Waals surface area contributed by atoms with Crippen molar-refractivity contribution in [3.05, 3.63) is 18.0 Å². The summed E-state index contributed by atoms with van der Waals surface area (Å²) in [5.41, 5.74) is 0.976. The molecule has 2 rings (SSSR count). The molecule has 0 saturated heterocycles. The number of carbonyl (C=O) groups excluding carboxylic acids is 1. The number of hydrogen-bond acceptors (Lipinski definition) is 2. The monoisotopic (exact) mass is 206 g/mol. The first-order valence-electron chi connectivity index (χ1n) is 5.62. The van der Waals surface area contributed by atoms with E-state index in [1.54, 1.807) is 16.9 Å². The van der Waals surface area contributed by atoms with E-state index in [-0.39, 0.29) is 11.2 Å². The van der Waals surface area contributed by atoms with Crippen molar-refractivity contribution in [3.63, 3.8) is 0 Å². The maximum absolute atomic E-state index is 12.0. The number of aromatic nitrogens is 2. The molecule has 1 saturated carbocycles. The summed E-state index contributed by atoms with van der Waals surface area (Å²) in [4.78, 5) is 12.0. The molecule has 0 aromatic carbocycles. The maximum atomic E-state index is 12.0. The highest BCUT2D eigenvalue weighted by Crippen LogP contribution is 2.41. The van der Waals surface area contributed by atoms with Crippen LogP contribution in [0.25, 0.3) is 0 Å². The first-order valence-corrected chi connectivity index (χ1v) is 5.62. The second-order valence-corrected chi connectivity index (χ2v) is 4.96. The third-order valence-electron chi connectivity index (χ3n) is 3.50.